The molecule has 336 valence electrons. The molecule has 0 spiro atoms. The molecule has 4 aliphatic heterocycles. The molecule has 4 aliphatic rings. The van der Waals surface area contributed by atoms with E-state index in [-0.39, 0.29) is 11.6 Å². The topological polar surface area (TPSA) is 187 Å². The highest BCUT2D eigenvalue weighted by molar-refractivity contribution is 5.89. The number of methoxy groups -OCH3 is 2. The van der Waals surface area contributed by atoms with Crippen molar-refractivity contribution >= 4 is 35.4 Å². The van der Waals surface area contributed by atoms with E-state index in [9.17, 15) is 28.0 Å². The van der Waals surface area contributed by atoms with Gasteiger partial charge in [-0.3, -0.25) is 9.59 Å². The summed E-state index contributed by atoms with van der Waals surface area (Å²) < 4.78 is 75.7. The van der Waals surface area contributed by atoms with Gasteiger partial charge in [0.1, 0.15) is 23.7 Å². The third-order valence-corrected chi connectivity index (χ3v) is 12.1. The lowest BCUT2D eigenvalue weighted by atomic mass is 9.92. The molecule has 20 heteroatoms. The van der Waals surface area contributed by atoms with Crippen LogP contribution in [-0.2, 0) is 25.5 Å². The molecule has 16 nitrogen and oxygen atoms in total. The number of halogens is 4. The van der Waals surface area contributed by atoms with E-state index in [1.165, 1.54) is 6.20 Å². The molecular weight excluding hydrogens is 831 g/mol. The summed E-state index contributed by atoms with van der Waals surface area (Å²) in [5.74, 6) is -7.00. The minimum Gasteiger partial charge on any atom is -0.453 e. The number of anilines is 2. The van der Waals surface area contributed by atoms with E-state index in [1.807, 2.05) is 30.3 Å². The number of fused-ring (bicyclic) bond motifs is 2. The van der Waals surface area contributed by atoms with Crippen molar-refractivity contribution in [3.05, 3.63) is 59.9 Å². The summed E-state index contributed by atoms with van der Waals surface area (Å²) in [6.07, 6.45) is 1.59. The number of nitrogens with one attached hydrogen (secondary N) is 4. The molecule has 2 aromatic carbocycles. The number of aromatic amines is 2. The van der Waals surface area contributed by atoms with E-state index in [1.54, 1.807) is 33.9 Å². The van der Waals surface area contributed by atoms with Crippen LogP contribution in [0.5, 0.6) is 11.5 Å². The van der Waals surface area contributed by atoms with Crippen molar-refractivity contribution in [3.63, 3.8) is 0 Å². The van der Waals surface area contributed by atoms with E-state index in [0.717, 1.165) is 52.9 Å². The Morgan fingerprint density at radius 3 is 1.86 bits per heavy atom. The van der Waals surface area contributed by atoms with Crippen LogP contribution in [0.15, 0.2) is 42.7 Å². The van der Waals surface area contributed by atoms with Gasteiger partial charge in [0.25, 0.3) is 11.8 Å². The van der Waals surface area contributed by atoms with Crippen LogP contribution >= 0.6 is 0 Å². The maximum absolute atomic E-state index is 15.0. The minimum atomic E-state index is -3.18. The largest absolute Gasteiger partial charge is 0.453 e. The van der Waals surface area contributed by atoms with Crippen molar-refractivity contribution < 1.29 is 51.0 Å². The van der Waals surface area contributed by atoms with Gasteiger partial charge in [-0.15, -0.1) is 0 Å². The lowest BCUT2D eigenvalue weighted by Gasteiger charge is -2.38. The molecule has 4 atom stereocenters. The third-order valence-electron chi connectivity index (χ3n) is 12.1. The zero-order chi connectivity index (χ0) is 45.1. The Morgan fingerprint density at radius 1 is 0.778 bits per heavy atom. The SMILES string of the molecule is COC(=O)N[C@H](C(=O)N1CC(F)(F)C[C@H]1c1ncc(-c2ccc3c(c2)Oc2ccc(-c4cnc([C@@H]5CC(F)(F)CN5C(=O)[C@@H](NC(=O)OC)C(C)C)[nH]4)c4c2N3CCC4)[nH]1)C(C)C. The van der Waals surface area contributed by atoms with Gasteiger partial charge >= 0.3 is 12.2 Å². The van der Waals surface area contributed by atoms with Crippen LogP contribution in [0, 0.1) is 11.8 Å². The predicted octanol–water partition coefficient (Wildman–Crippen LogP) is 7.24. The maximum Gasteiger partial charge on any atom is 0.407 e. The number of alkyl halides is 4. The second-order valence-corrected chi connectivity index (χ2v) is 17.1. The number of imidazole rings is 2. The summed E-state index contributed by atoms with van der Waals surface area (Å²) in [4.78, 5) is 71.0. The molecular formula is C43H49F4N9O7. The van der Waals surface area contributed by atoms with Gasteiger partial charge in [-0.05, 0) is 54.5 Å². The van der Waals surface area contributed by atoms with Gasteiger partial charge in [-0.2, -0.15) is 0 Å². The lowest BCUT2D eigenvalue weighted by molar-refractivity contribution is -0.137. The molecule has 2 fully saturated rings. The molecule has 2 aromatic heterocycles. The molecule has 6 heterocycles. The van der Waals surface area contributed by atoms with Crippen LogP contribution in [-0.4, -0.2) is 112 Å². The second-order valence-electron chi connectivity index (χ2n) is 17.1. The highest BCUT2D eigenvalue weighted by Gasteiger charge is 2.52. The van der Waals surface area contributed by atoms with Crippen LogP contribution in [0.1, 0.15) is 76.3 Å². The molecule has 4 N–H and O–H groups in total. The summed E-state index contributed by atoms with van der Waals surface area (Å²) in [6.45, 7) is 5.82. The Morgan fingerprint density at radius 2 is 1.32 bits per heavy atom. The van der Waals surface area contributed by atoms with E-state index in [4.69, 9.17) is 4.74 Å². The number of ether oxygens (including phenoxy) is 3. The number of aromatic nitrogens is 4. The maximum atomic E-state index is 15.0. The Kier molecular flexibility index (Phi) is 11.3. The number of carbonyl (C=O) groups excluding carboxylic acids is 4. The summed E-state index contributed by atoms with van der Waals surface area (Å²) in [5.41, 5.74) is 5.16. The number of rotatable bonds is 10. The average molecular weight is 880 g/mol. The summed E-state index contributed by atoms with van der Waals surface area (Å²) in [6, 6.07) is 4.96. The summed E-state index contributed by atoms with van der Waals surface area (Å²) in [5, 5.41) is 4.95. The first-order chi connectivity index (χ1) is 29.9. The smallest absolute Gasteiger partial charge is 0.407 e. The molecule has 8 rings (SSSR count). The van der Waals surface area contributed by atoms with Gasteiger partial charge < -0.3 is 49.5 Å². The number of nitrogens with zero attached hydrogens (tertiary/aromatic N) is 5. The summed E-state index contributed by atoms with van der Waals surface area (Å²) >= 11 is 0. The van der Waals surface area contributed by atoms with E-state index < -0.39 is 97.8 Å². The number of amides is 4. The number of hydrogen-bond acceptors (Lipinski definition) is 10. The standard InChI is InChI=1S/C43H49F4N9O7/c1-21(2)33(52-40(59)61-5)38(57)55-19-42(44,45)15-29(55)36-48-17-26(50-36)23-9-11-28-32(14-23)63-31-12-10-24(25-8-7-13-54(28)35(25)31)27-18-49-37(51-27)30-16-43(46,47)20-56(30)39(58)34(22(3)4)53-41(60)62-6/h9-12,14,17-18,21-22,29-30,33-34H,7-8,13,15-16,19-20H2,1-6H3,(H,48,50)(H,49,51)(H,52,59)(H,53,60)/t29-,30-,33-,34-/m0/s1. The quantitative estimate of drug-likeness (QED) is 0.118. The van der Waals surface area contributed by atoms with Crippen molar-refractivity contribution in [1.29, 1.82) is 0 Å². The van der Waals surface area contributed by atoms with Gasteiger partial charge in [0.15, 0.2) is 11.5 Å². The predicted molar refractivity (Wildman–Crippen MR) is 220 cm³/mol. The van der Waals surface area contributed by atoms with Crippen LogP contribution in [0.3, 0.4) is 0 Å². The minimum absolute atomic E-state index is 0.173. The molecule has 0 radical (unpaired) electrons. The van der Waals surface area contributed by atoms with E-state index in [0.29, 0.717) is 41.4 Å². The number of benzene rings is 2. The van der Waals surface area contributed by atoms with Gasteiger partial charge in [0, 0.05) is 30.5 Å². The molecule has 63 heavy (non-hydrogen) atoms. The number of alkyl carbamates (subject to hydrolysis) is 2. The highest BCUT2D eigenvalue weighted by Crippen LogP contribution is 2.53. The normalized spacial score (nSPS) is 20.5. The number of carbonyl (C=O) groups is 4. The lowest BCUT2D eigenvalue weighted by Crippen LogP contribution is -2.51. The Labute approximate surface area is 360 Å². The average Bonchev–Trinajstić information content (AvgIpc) is 4.06. The highest BCUT2D eigenvalue weighted by atomic mass is 19.3. The van der Waals surface area contributed by atoms with Crippen molar-refractivity contribution in [1.82, 2.24) is 40.4 Å². The fourth-order valence-corrected chi connectivity index (χ4v) is 9.01. The Hall–Kier alpha value is -6.34. The van der Waals surface area contributed by atoms with Gasteiger partial charge in [-0.1, -0.05) is 33.8 Å². The van der Waals surface area contributed by atoms with Crippen LogP contribution in [0.25, 0.3) is 22.5 Å². The van der Waals surface area contributed by atoms with Gasteiger partial charge in [0.2, 0.25) is 11.8 Å². The summed E-state index contributed by atoms with van der Waals surface area (Å²) in [7, 11) is 2.32. The molecule has 2 saturated heterocycles. The first-order valence-corrected chi connectivity index (χ1v) is 20.8. The van der Waals surface area contributed by atoms with E-state index in [2.05, 4.69) is 44.9 Å². The van der Waals surface area contributed by atoms with Crippen LogP contribution < -0.4 is 20.3 Å². The number of H-pyrrole nitrogens is 2. The number of likely N-dealkylation sites (tertiary alicyclic amines) is 2. The first kappa shape index (κ1) is 43.3. The van der Waals surface area contributed by atoms with Crippen molar-refractivity contribution in [2.45, 2.75) is 89.4 Å². The molecule has 4 amide bonds. The Bertz CT molecular complexity index is 2440. The number of hydrogen-bond donors (Lipinski definition) is 4. The fourth-order valence-electron chi connectivity index (χ4n) is 9.01. The molecule has 0 unspecified atom stereocenters. The molecule has 0 saturated carbocycles. The van der Waals surface area contributed by atoms with E-state index >= 15 is 8.78 Å². The zero-order valence-electron chi connectivity index (χ0n) is 35.6. The molecule has 0 aliphatic carbocycles. The van der Waals surface area contributed by atoms with Crippen LogP contribution in [0.2, 0.25) is 0 Å². The first-order valence-electron chi connectivity index (χ1n) is 20.8. The van der Waals surface area contributed by atoms with Crippen LogP contribution in [0.4, 0.5) is 38.5 Å². The molecule has 4 aromatic rings. The second kappa shape index (κ2) is 16.4. The van der Waals surface area contributed by atoms with Gasteiger partial charge in [-0.25, -0.2) is 37.1 Å². The third kappa shape index (κ3) is 8.22. The fraction of sp³-hybridized carbons (Fsp3) is 0.488. The zero-order valence-corrected chi connectivity index (χ0v) is 35.6. The molecule has 0 bridgehead atoms. The van der Waals surface area contributed by atoms with Gasteiger partial charge in [0.05, 0.1) is 74.5 Å². The van der Waals surface area contributed by atoms with Crippen molar-refractivity contribution in [2.24, 2.45) is 11.8 Å². The van der Waals surface area contributed by atoms with Crippen molar-refractivity contribution in [3.8, 4) is 34.0 Å². The van der Waals surface area contributed by atoms with Crippen molar-refractivity contribution in [2.75, 3.05) is 38.8 Å². The Balaban J connectivity index is 1.04. The monoisotopic (exact) mass is 879 g/mol.